The lowest BCUT2D eigenvalue weighted by Gasteiger charge is -1.97. The number of benzene rings is 2. The first-order valence-electron chi connectivity index (χ1n) is 8.14. The standard InChI is InChI=1S/C20H11ClFN3OS/c21-10-1-3-13-15(8-24-16(13)5-10)19(26)20-25-18(9-27-20)14-7-23-17-6-11(22)2-4-12(14)17/h1-9,23-24H. The lowest BCUT2D eigenvalue weighted by atomic mass is 10.1. The molecule has 0 radical (unpaired) electrons. The van der Waals surface area contributed by atoms with E-state index >= 15 is 0 Å². The third-order valence-corrected chi connectivity index (χ3v) is 5.58. The van der Waals surface area contributed by atoms with Crippen molar-refractivity contribution >= 4 is 50.5 Å². The van der Waals surface area contributed by atoms with Gasteiger partial charge in [-0.3, -0.25) is 4.79 Å². The van der Waals surface area contributed by atoms with Crippen LogP contribution in [0.4, 0.5) is 4.39 Å². The van der Waals surface area contributed by atoms with Gasteiger partial charge in [0.2, 0.25) is 5.78 Å². The Kier molecular flexibility index (Phi) is 3.63. The molecule has 2 N–H and O–H groups in total. The van der Waals surface area contributed by atoms with E-state index in [2.05, 4.69) is 15.0 Å². The molecule has 5 aromatic rings. The van der Waals surface area contributed by atoms with Gasteiger partial charge in [0, 0.05) is 50.2 Å². The van der Waals surface area contributed by atoms with Crippen LogP contribution >= 0.6 is 22.9 Å². The van der Waals surface area contributed by atoms with Crippen LogP contribution in [-0.2, 0) is 0 Å². The molecule has 132 valence electrons. The Labute approximate surface area is 161 Å². The number of thiazole rings is 1. The Hall–Kier alpha value is -2.96. The molecule has 0 fully saturated rings. The molecule has 27 heavy (non-hydrogen) atoms. The molecule has 0 amide bonds. The molecule has 2 aromatic carbocycles. The largest absolute Gasteiger partial charge is 0.360 e. The van der Waals surface area contributed by atoms with E-state index in [0.29, 0.717) is 26.8 Å². The first kappa shape index (κ1) is 16.2. The minimum atomic E-state index is -0.301. The minimum absolute atomic E-state index is 0.147. The molecule has 3 aromatic heterocycles. The molecule has 0 bridgehead atoms. The fourth-order valence-corrected chi connectivity index (χ4v) is 4.16. The van der Waals surface area contributed by atoms with Crippen LogP contribution < -0.4 is 0 Å². The van der Waals surface area contributed by atoms with E-state index in [1.165, 1.54) is 23.5 Å². The van der Waals surface area contributed by atoms with Crippen molar-refractivity contribution in [1.29, 1.82) is 0 Å². The third-order valence-electron chi connectivity index (χ3n) is 4.51. The van der Waals surface area contributed by atoms with E-state index in [1.54, 1.807) is 30.6 Å². The van der Waals surface area contributed by atoms with Crippen LogP contribution in [-0.4, -0.2) is 20.7 Å². The number of carbonyl (C=O) groups is 1. The molecule has 7 heteroatoms. The molecule has 0 spiro atoms. The number of fused-ring (bicyclic) bond motifs is 2. The number of halogens is 2. The van der Waals surface area contributed by atoms with E-state index in [4.69, 9.17) is 11.6 Å². The zero-order valence-electron chi connectivity index (χ0n) is 13.7. The summed E-state index contributed by atoms with van der Waals surface area (Å²) in [6.45, 7) is 0. The highest BCUT2D eigenvalue weighted by Gasteiger charge is 2.19. The van der Waals surface area contributed by atoms with Crippen molar-refractivity contribution < 1.29 is 9.18 Å². The smallest absolute Gasteiger partial charge is 0.223 e. The van der Waals surface area contributed by atoms with E-state index in [1.807, 2.05) is 11.4 Å². The van der Waals surface area contributed by atoms with Crippen LogP contribution in [0, 0.1) is 5.82 Å². The average Bonchev–Trinajstić information content (AvgIpc) is 3.37. The van der Waals surface area contributed by atoms with Crippen LogP contribution in [0.15, 0.2) is 54.2 Å². The third kappa shape index (κ3) is 2.65. The number of nitrogens with one attached hydrogen (secondary N) is 2. The Morgan fingerprint density at radius 3 is 2.70 bits per heavy atom. The summed E-state index contributed by atoms with van der Waals surface area (Å²) in [5.74, 6) is -0.449. The molecule has 0 saturated carbocycles. The lowest BCUT2D eigenvalue weighted by Crippen LogP contribution is -1.99. The van der Waals surface area contributed by atoms with Gasteiger partial charge in [-0.25, -0.2) is 9.37 Å². The summed E-state index contributed by atoms with van der Waals surface area (Å²) in [5, 5.41) is 4.52. The minimum Gasteiger partial charge on any atom is -0.360 e. The molecule has 0 aliphatic rings. The summed E-state index contributed by atoms with van der Waals surface area (Å²) >= 11 is 7.29. The molecule has 0 saturated heterocycles. The van der Waals surface area contributed by atoms with Gasteiger partial charge in [-0.15, -0.1) is 11.3 Å². The SMILES string of the molecule is O=C(c1nc(-c2c[nH]c3cc(F)ccc23)cs1)c1c[nH]c2cc(Cl)ccc12. The van der Waals surface area contributed by atoms with Crippen molar-refractivity contribution in [3.05, 3.63) is 75.6 Å². The number of carbonyl (C=O) groups excluding carboxylic acids is 1. The van der Waals surface area contributed by atoms with Crippen molar-refractivity contribution in [3.8, 4) is 11.3 Å². The highest BCUT2D eigenvalue weighted by molar-refractivity contribution is 7.12. The Morgan fingerprint density at radius 2 is 1.81 bits per heavy atom. The number of aromatic amines is 2. The van der Waals surface area contributed by atoms with E-state index in [-0.39, 0.29) is 11.6 Å². The second-order valence-corrected chi connectivity index (χ2v) is 7.45. The maximum atomic E-state index is 13.4. The quantitative estimate of drug-likeness (QED) is 0.379. The number of ketones is 1. The number of hydrogen-bond acceptors (Lipinski definition) is 3. The highest BCUT2D eigenvalue weighted by atomic mass is 35.5. The predicted molar refractivity (Wildman–Crippen MR) is 106 cm³/mol. The van der Waals surface area contributed by atoms with Gasteiger partial charge in [-0.2, -0.15) is 0 Å². The highest BCUT2D eigenvalue weighted by Crippen LogP contribution is 2.31. The molecular formula is C20H11ClFN3OS. The van der Waals surface area contributed by atoms with Gasteiger partial charge >= 0.3 is 0 Å². The topological polar surface area (TPSA) is 61.5 Å². The number of rotatable bonds is 3. The van der Waals surface area contributed by atoms with Gasteiger partial charge in [-0.1, -0.05) is 17.7 Å². The lowest BCUT2D eigenvalue weighted by molar-refractivity contribution is 0.104. The van der Waals surface area contributed by atoms with Crippen molar-refractivity contribution in [3.63, 3.8) is 0 Å². The molecule has 0 aliphatic heterocycles. The Morgan fingerprint density at radius 1 is 1.04 bits per heavy atom. The van der Waals surface area contributed by atoms with E-state index < -0.39 is 0 Å². The van der Waals surface area contributed by atoms with Crippen molar-refractivity contribution in [1.82, 2.24) is 15.0 Å². The first-order valence-corrected chi connectivity index (χ1v) is 9.40. The van der Waals surface area contributed by atoms with E-state index in [0.717, 1.165) is 21.9 Å². The molecule has 4 nitrogen and oxygen atoms in total. The second kappa shape index (κ2) is 6.04. The molecule has 3 heterocycles. The second-order valence-electron chi connectivity index (χ2n) is 6.15. The number of hydrogen-bond donors (Lipinski definition) is 2. The van der Waals surface area contributed by atoms with Crippen LogP contribution in [0.1, 0.15) is 15.4 Å². The van der Waals surface area contributed by atoms with Gasteiger partial charge in [-0.05, 0) is 30.3 Å². The van der Waals surface area contributed by atoms with E-state index in [9.17, 15) is 9.18 Å². The van der Waals surface area contributed by atoms with Crippen molar-refractivity contribution in [2.24, 2.45) is 0 Å². The molecular weight excluding hydrogens is 385 g/mol. The normalized spacial score (nSPS) is 11.5. The van der Waals surface area contributed by atoms with Gasteiger partial charge in [0.25, 0.3) is 0 Å². The predicted octanol–water partition coefficient (Wildman–Crippen LogP) is 5.80. The maximum absolute atomic E-state index is 13.4. The van der Waals surface area contributed by atoms with Crippen molar-refractivity contribution in [2.45, 2.75) is 0 Å². The maximum Gasteiger partial charge on any atom is 0.223 e. The molecule has 0 atom stereocenters. The molecule has 5 rings (SSSR count). The number of aromatic nitrogens is 3. The Balaban J connectivity index is 1.55. The summed E-state index contributed by atoms with van der Waals surface area (Å²) in [5.41, 5.74) is 3.58. The summed E-state index contributed by atoms with van der Waals surface area (Å²) < 4.78 is 13.4. The fourth-order valence-electron chi connectivity index (χ4n) is 3.21. The monoisotopic (exact) mass is 395 g/mol. The van der Waals surface area contributed by atoms with Crippen molar-refractivity contribution in [2.75, 3.05) is 0 Å². The van der Waals surface area contributed by atoms with Crippen LogP contribution in [0.5, 0.6) is 0 Å². The van der Waals surface area contributed by atoms with Crippen LogP contribution in [0.25, 0.3) is 33.1 Å². The Bertz CT molecular complexity index is 1330. The van der Waals surface area contributed by atoms with Gasteiger partial charge in [0.05, 0.1) is 11.3 Å². The average molecular weight is 396 g/mol. The van der Waals surface area contributed by atoms with Gasteiger partial charge in [0.15, 0.2) is 5.01 Å². The van der Waals surface area contributed by atoms with Crippen LogP contribution in [0.3, 0.4) is 0 Å². The number of H-pyrrole nitrogens is 2. The molecule has 0 unspecified atom stereocenters. The fraction of sp³-hybridized carbons (Fsp3) is 0. The zero-order chi connectivity index (χ0) is 18.5. The van der Waals surface area contributed by atoms with Gasteiger partial charge < -0.3 is 9.97 Å². The first-order chi connectivity index (χ1) is 13.1. The summed E-state index contributed by atoms with van der Waals surface area (Å²) in [7, 11) is 0. The summed E-state index contributed by atoms with van der Waals surface area (Å²) in [6.07, 6.45) is 3.46. The summed E-state index contributed by atoms with van der Waals surface area (Å²) in [4.78, 5) is 23.6. The van der Waals surface area contributed by atoms with Gasteiger partial charge in [0.1, 0.15) is 5.82 Å². The zero-order valence-corrected chi connectivity index (χ0v) is 15.3. The van der Waals surface area contributed by atoms with Crippen LogP contribution in [0.2, 0.25) is 5.02 Å². The molecule has 0 aliphatic carbocycles. The summed E-state index contributed by atoms with van der Waals surface area (Å²) in [6, 6.07) is 9.92. The number of nitrogens with zero attached hydrogens (tertiary/aromatic N) is 1.